The minimum absolute atomic E-state index is 0.00389. The quantitative estimate of drug-likeness (QED) is 0.870. The number of nitrogens with two attached hydrogens (primary N) is 1. The Hall–Kier alpha value is -1.35. The number of rotatable bonds is 2. The van der Waals surface area contributed by atoms with Crippen molar-refractivity contribution in [2.24, 2.45) is 5.73 Å². The van der Waals surface area contributed by atoms with Gasteiger partial charge in [0.25, 0.3) is 0 Å². The molecule has 98 valence electrons. The number of amides is 1. The molecule has 1 aliphatic carbocycles. The van der Waals surface area contributed by atoms with E-state index in [9.17, 15) is 4.79 Å². The first-order valence-corrected chi connectivity index (χ1v) is 6.55. The van der Waals surface area contributed by atoms with E-state index in [4.69, 9.17) is 5.73 Å². The third kappa shape index (κ3) is 2.41. The Morgan fingerprint density at radius 2 is 2.06 bits per heavy atom. The highest BCUT2D eigenvalue weighted by molar-refractivity contribution is 5.85. The molecular formula is C15H22N2O. The number of benzene rings is 1. The molecule has 2 N–H and O–H groups in total. The van der Waals surface area contributed by atoms with Crippen molar-refractivity contribution in [3.05, 3.63) is 35.4 Å². The maximum absolute atomic E-state index is 12.3. The average Bonchev–Trinajstić information content (AvgIpc) is 2.35. The number of likely N-dealkylation sites (N-methyl/N-ethyl adjacent to an activating group) is 1. The van der Waals surface area contributed by atoms with E-state index in [1.54, 1.807) is 13.8 Å². The van der Waals surface area contributed by atoms with Crippen LogP contribution in [-0.2, 0) is 11.2 Å². The summed E-state index contributed by atoms with van der Waals surface area (Å²) < 4.78 is 0. The second kappa shape index (κ2) is 4.73. The summed E-state index contributed by atoms with van der Waals surface area (Å²) >= 11 is 0. The van der Waals surface area contributed by atoms with Gasteiger partial charge in [-0.3, -0.25) is 4.79 Å². The van der Waals surface area contributed by atoms with Gasteiger partial charge in [0, 0.05) is 7.05 Å². The van der Waals surface area contributed by atoms with Crippen LogP contribution in [-0.4, -0.2) is 23.4 Å². The molecule has 3 nitrogen and oxygen atoms in total. The molecule has 1 aromatic rings. The minimum Gasteiger partial charge on any atom is -0.337 e. The van der Waals surface area contributed by atoms with Crippen LogP contribution < -0.4 is 5.73 Å². The van der Waals surface area contributed by atoms with Gasteiger partial charge in [-0.2, -0.15) is 0 Å². The largest absolute Gasteiger partial charge is 0.337 e. The number of carbonyl (C=O) groups excluding carboxylic acids is 1. The van der Waals surface area contributed by atoms with E-state index in [0.717, 1.165) is 19.3 Å². The van der Waals surface area contributed by atoms with Crippen molar-refractivity contribution in [1.82, 2.24) is 4.90 Å². The Kier molecular flexibility index (Phi) is 3.44. The normalized spacial score (nSPS) is 19.2. The van der Waals surface area contributed by atoms with Gasteiger partial charge in [0.15, 0.2) is 0 Å². The molecule has 1 atom stereocenters. The Morgan fingerprint density at radius 3 is 2.72 bits per heavy atom. The summed E-state index contributed by atoms with van der Waals surface area (Å²) in [6.45, 7) is 3.53. The number of aryl methyl sites for hydroxylation is 1. The van der Waals surface area contributed by atoms with Crippen LogP contribution in [0.5, 0.6) is 0 Å². The number of carbonyl (C=O) groups is 1. The van der Waals surface area contributed by atoms with E-state index in [1.165, 1.54) is 11.1 Å². The van der Waals surface area contributed by atoms with Crippen molar-refractivity contribution >= 4 is 5.91 Å². The van der Waals surface area contributed by atoms with Crippen molar-refractivity contribution in [3.63, 3.8) is 0 Å². The third-order valence-corrected chi connectivity index (χ3v) is 3.68. The first-order chi connectivity index (χ1) is 8.41. The van der Waals surface area contributed by atoms with Gasteiger partial charge in [-0.05, 0) is 44.2 Å². The molecule has 0 aliphatic heterocycles. The molecule has 18 heavy (non-hydrogen) atoms. The third-order valence-electron chi connectivity index (χ3n) is 3.68. The lowest BCUT2D eigenvalue weighted by molar-refractivity contribution is -0.137. The zero-order chi connectivity index (χ0) is 13.3. The van der Waals surface area contributed by atoms with Crippen molar-refractivity contribution in [2.45, 2.75) is 44.7 Å². The highest BCUT2D eigenvalue weighted by Gasteiger charge is 2.32. The van der Waals surface area contributed by atoms with Crippen LogP contribution in [0.4, 0.5) is 0 Å². The molecule has 0 bridgehead atoms. The van der Waals surface area contributed by atoms with Crippen LogP contribution >= 0.6 is 0 Å². The van der Waals surface area contributed by atoms with E-state index in [2.05, 4.69) is 18.2 Å². The van der Waals surface area contributed by atoms with Gasteiger partial charge in [0.1, 0.15) is 0 Å². The van der Waals surface area contributed by atoms with Gasteiger partial charge in [-0.25, -0.2) is 0 Å². The minimum atomic E-state index is -0.804. The van der Waals surface area contributed by atoms with Crippen molar-refractivity contribution in [2.75, 3.05) is 7.05 Å². The SMILES string of the molecule is CN(C(=O)C(C)(C)N)C1CCCc2ccccc21. The topological polar surface area (TPSA) is 46.3 Å². The van der Waals surface area contributed by atoms with Crippen LogP contribution in [0.15, 0.2) is 24.3 Å². The number of fused-ring (bicyclic) bond motifs is 1. The lowest BCUT2D eigenvalue weighted by atomic mass is 9.86. The lowest BCUT2D eigenvalue weighted by Gasteiger charge is -2.36. The molecule has 1 amide bonds. The molecule has 1 aliphatic rings. The second-order valence-corrected chi connectivity index (χ2v) is 5.74. The van der Waals surface area contributed by atoms with E-state index < -0.39 is 5.54 Å². The van der Waals surface area contributed by atoms with E-state index >= 15 is 0 Å². The average molecular weight is 246 g/mol. The number of hydrogen-bond acceptors (Lipinski definition) is 2. The van der Waals surface area contributed by atoms with Crippen LogP contribution in [0.1, 0.15) is 43.9 Å². The highest BCUT2D eigenvalue weighted by atomic mass is 16.2. The fourth-order valence-electron chi connectivity index (χ4n) is 2.73. The maximum atomic E-state index is 12.3. The first kappa shape index (κ1) is 13.1. The van der Waals surface area contributed by atoms with Crippen molar-refractivity contribution in [1.29, 1.82) is 0 Å². The summed E-state index contributed by atoms with van der Waals surface area (Å²) in [7, 11) is 1.86. The molecule has 0 fully saturated rings. The Morgan fingerprint density at radius 1 is 1.39 bits per heavy atom. The number of nitrogens with zero attached hydrogens (tertiary/aromatic N) is 1. The van der Waals surface area contributed by atoms with Crippen LogP contribution in [0.25, 0.3) is 0 Å². The molecule has 2 rings (SSSR count). The Bertz CT molecular complexity index is 448. The van der Waals surface area contributed by atoms with Gasteiger partial charge in [-0.15, -0.1) is 0 Å². The molecule has 0 radical (unpaired) electrons. The summed E-state index contributed by atoms with van der Waals surface area (Å²) in [6.07, 6.45) is 3.26. The van der Waals surface area contributed by atoms with Gasteiger partial charge in [-0.1, -0.05) is 24.3 Å². The molecule has 1 aromatic carbocycles. The zero-order valence-corrected chi connectivity index (χ0v) is 11.4. The second-order valence-electron chi connectivity index (χ2n) is 5.74. The first-order valence-electron chi connectivity index (χ1n) is 6.55. The standard InChI is InChI=1S/C15H22N2O/c1-15(2,16)14(18)17(3)13-10-6-8-11-7-4-5-9-12(11)13/h4-5,7,9,13H,6,8,10,16H2,1-3H3. The smallest absolute Gasteiger partial charge is 0.242 e. The number of hydrogen-bond donors (Lipinski definition) is 1. The zero-order valence-electron chi connectivity index (χ0n) is 11.4. The van der Waals surface area contributed by atoms with Crippen molar-refractivity contribution in [3.8, 4) is 0 Å². The Labute approximate surface area is 109 Å². The van der Waals surface area contributed by atoms with Gasteiger partial charge >= 0.3 is 0 Å². The fraction of sp³-hybridized carbons (Fsp3) is 0.533. The highest BCUT2D eigenvalue weighted by Crippen LogP contribution is 2.34. The maximum Gasteiger partial charge on any atom is 0.242 e. The van der Waals surface area contributed by atoms with Crippen LogP contribution in [0.2, 0.25) is 0 Å². The predicted octanol–water partition coefficient (Wildman–Crippen LogP) is 2.26. The van der Waals surface area contributed by atoms with E-state index in [1.807, 2.05) is 18.0 Å². The Balaban J connectivity index is 2.28. The van der Waals surface area contributed by atoms with Gasteiger partial charge in [0.05, 0.1) is 11.6 Å². The predicted molar refractivity (Wildman–Crippen MR) is 73.2 cm³/mol. The lowest BCUT2D eigenvalue weighted by Crippen LogP contribution is -2.51. The van der Waals surface area contributed by atoms with Crippen LogP contribution in [0.3, 0.4) is 0 Å². The molecule has 0 saturated carbocycles. The van der Waals surface area contributed by atoms with Gasteiger partial charge < -0.3 is 10.6 Å². The molecule has 1 unspecified atom stereocenters. The summed E-state index contributed by atoms with van der Waals surface area (Å²) in [6, 6.07) is 8.57. The monoisotopic (exact) mass is 246 g/mol. The molecule has 3 heteroatoms. The summed E-state index contributed by atoms with van der Waals surface area (Å²) in [4.78, 5) is 14.1. The molecule has 0 heterocycles. The fourth-order valence-corrected chi connectivity index (χ4v) is 2.73. The summed E-state index contributed by atoms with van der Waals surface area (Å²) in [5.41, 5.74) is 7.76. The molecule has 0 saturated heterocycles. The molecular weight excluding hydrogens is 224 g/mol. The van der Waals surface area contributed by atoms with Gasteiger partial charge in [0.2, 0.25) is 5.91 Å². The molecule has 0 aromatic heterocycles. The summed E-state index contributed by atoms with van der Waals surface area (Å²) in [5.74, 6) is 0.00389. The van der Waals surface area contributed by atoms with E-state index in [-0.39, 0.29) is 11.9 Å². The van der Waals surface area contributed by atoms with Crippen molar-refractivity contribution < 1.29 is 4.79 Å². The van der Waals surface area contributed by atoms with E-state index in [0.29, 0.717) is 0 Å². The van der Waals surface area contributed by atoms with Crippen LogP contribution in [0, 0.1) is 0 Å². The molecule has 0 spiro atoms. The summed E-state index contributed by atoms with van der Waals surface area (Å²) in [5, 5.41) is 0.